The fraction of sp³-hybridized carbons (Fsp3) is 0.500. The van der Waals surface area contributed by atoms with Gasteiger partial charge in [-0.15, -0.1) is 6.58 Å². The summed E-state index contributed by atoms with van der Waals surface area (Å²) in [4.78, 5) is 10.4. The average molecular weight is 100 g/mol. The number of carbonyl (C=O) groups is 1. The van der Waals surface area contributed by atoms with Gasteiger partial charge in [-0.25, -0.2) is 0 Å². The summed E-state index contributed by atoms with van der Waals surface area (Å²) in [7, 11) is 0. The summed E-state index contributed by atoms with van der Waals surface area (Å²) in [5.74, 6) is -0.442. The number of rotatable bonds is 3. The lowest BCUT2D eigenvalue weighted by Crippen LogP contribution is -1.85. The maximum atomic E-state index is 10.4. The normalized spacial score (nSPS) is 14.4. The number of Topliss-reactive ketones (excluding diaryl/α,β-unsaturated/α-hetero) is 1. The van der Waals surface area contributed by atoms with Crippen LogP contribution >= 0.6 is 0 Å². The molecule has 0 heterocycles. The monoisotopic (exact) mass is 100 g/mol. The van der Waals surface area contributed by atoms with E-state index in [-0.39, 0.29) is 6.42 Å². The summed E-state index contributed by atoms with van der Waals surface area (Å²) in [5, 5.41) is 0. The number of hydrogen-bond acceptors (Lipinski definition) is 1. The number of hydrogen-bond donors (Lipinski definition) is 0. The van der Waals surface area contributed by atoms with E-state index in [1.165, 1.54) is 13.0 Å². The van der Waals surface area contributed by atoms with Gasteiger partial charge in [0, 0.05) is 9.11 Å². The van der Waals surface area contributed by atoms with Gasteiger partial charge in [0.2, 0.25) is 0 Å². The predicted molar refractivity (Wildman–Crippen MR) is 30.1 cm³/mol. The van der Waals surface area contributed by atoms with E-state index in [2.05, 4.69) is 6.58 Å². The van der Waals surface area contributed by atoms with E-state index in [4.69, 9.17) is 2.74 Å². The summed E-state index contributed by atoms with van der Waals surface area (Å²) in [6, 6.07) is 0. The second-order valence-corrected chi connectivity index (χ2v) is 1.23. The lowest BCUT2D eigenvalue weighted by molar-refractivity contribution is -0.116. The second kappa shape index (κ2) is 3.59. The van der Waals surface area contributed by atoms with Crippen molar-refractivity contribution in [2.75, 3.05) is 0 Å². The van der Waals surface area contributed by atoms with Crippen molar-refractivity contribution in [3.05, 3.63) is 12.7 Å². The molecule has 1 heteroatoms. The van der Waals surface area contributed by atoms with Crippen LogP contribution in [0.25, 0.3) is 0 Å². The molecule has 0 aromatic carbocycles. The fourth-order valence-electron chi connectivity index (χ4n) is 0.216. The van der Waals surface area contributed by atoms with Crippen LogP contribution in [0.5, 0.6) is 0 Å². The Morgan fingerprint density at radius 3 is 2.86 bits per heavy atom. The minimum Gasteiger partial charge on any atom is -0.300 e. The molecule has 0 fully saturated rings. The Morgan fingerprint density at radius 2 is 2.71 bits per heavy atom. The van der Waals surface area contributed by atoms with Crippen LogP contribution in [0, 0.1) is 0 Å². The number of carbonyl (C=O) groups excluding carboxylic acids is 1. The molecule has 0 N–H and O–H groups in total. The van der Waals surface area contributed by atoms with E-state index in [1.54, 1.807) is 0 Å². The van der Waals surface area contributed by atoms with Crippen LogP contribution in [-0.2, 0) is 4.79 Å². The minimum atomic E-state index is -1.71. The zero-order chi connectivity index (χ0) is 7.49. The molecule has 0 aliphatic carbocycles. The van der Waals surface area contributed by atoms with Crippen LogP contribution in [0.15, 0.2) is 12.7 Å². The third-order valence-corrected chi connectivity index (χ3v) is 0.495. The molecule has 0 spiro atoms. The topological polar surface area (TPSA) is 17.1 Å². The molecule has 40 valence electrons. The zero-order valence-corrected chi connectivity index (χ0v) is 4.40. The minimum absolute atomic E-state index is 0.0995. The van der Waals surface area contributed by atoms with Gasteiger partial charge < -0.3 is 4.79 Å². The standard InChI is InChI=1S/C6H10O/c1-3-4-5-6(2)7/h3H,1,4-5H2,2H3/i5D2. The average Bonchev–Trinajstić information content (AvgIpc) is 1.65. The van der Waals surface area contributed by atoms with Crippen molar-refractivity contribution in [3.8, 4) is 0 Å². The number of ketones is 1. The molecule has 0 bridgehead atoms. The third-order valence-electron chi connectivity index (χ3n) is 0.495. The van der Waals surface area contributed by atoms with Gasteiger partial charge >= 0.3 is 0 Å². The molecule has 0 aromatic heterocycles. The fourth-order valence-corrected chi connectivity index (χ4v) is 0.216. The molecule has 0 saturated carbocycles. The SMILES string of the molecule is [2H]C([2H])(CC=C)C(C)=O. The van der Waals surface area contributed by atoms with E-state index in [0.29, 0.717) is 0 Å². The van der Waals surface area contributed by atoms with Crippen LogP contribution in [0.1, 0.15) is 22.5 Å². The molecule has 0 radical (unpaired) electrons. The van der Waals surface area contributed by atoms with Gasteiger partial charge in [-0.2, -0.15) is 0 Å². The Morgan fingerprint density at radius 1 is 2.14 bits per heavy atom. The van der Waals surface area contributed by atoms with Crippen molar-refractivity contribution in [1.29, 1.82) is 0 Å². The smallest absolute Gasteiger partial charge is 0.130 e. The highest BCUT2D eigenvalue weighted by molar-refractivity contribution is 5.75. The Hall–Kier alpha value is -0.590. The first-order chi connectivity index (χ1) is 4.00. The second-order valence-electron chi connectivity index (χ2n) is 1.23. The maximum absolute atomic E-state index is 10.4. The quantitative estimate of drug-likeness (QED) is 0.492. The molecular weight excluding hydrogens is 88.1 g/mol. The van der Waals surface area contributed by atoms with Crippen molar-refractivity contribution in [2.24, 2.45) is 0 Å². The van der Waals surface area contributed by atoms with Crippen molar-refractivity contribution in [2.45, 2.75) is 19.7 Å². The summed E-state index contributed by atoms with van der Waals surface area (Å²) in [6.45, 7) is 4.58. The van der Waals surface area contributed by atoms with E-state index in [1.807, 2.05) is 0 Å². The van der Waals surface area contributed by atoms with Crippen LogP contribution in [-0.4, -0.2) is 5.78 Å². The van der Waals surface area contributed by atoms with Gasteiger partial charge in [-0.05, 0) is 13.3 Å². The predicted octanol–water partition coefficient (Wildman–Crippen LogP) is 1.54. The van der Waals surface area contributed by atoms with E-state index in [9.17, 15) is 4.79 Å². The summed E-state index contributed by atoms with van der Waals surface area (Å²) >= 11 is 0. The first-order valence-corrected chi connectivity index (χ1v) is 2.12. The molecule has 0 unspecified atom stereocenters. The molecule has 0 saturated heterocycles. The lowest BCUT2D eigenvalue weighted by atomic mass is 10.2. The Kier molecular flexibility index (Phi) is 1.75. The highest BCUT2D eigenvalue weighted by atomic mass is 16.1. The highest BCUT2D eigenvalue weighted by Crippen LogP contribution is 1.88. The summed E-state index contributed by atoms with van der Waals surface area (Å²) in [5.41, 5.74) is 0. The van der Waals surface area contributed by atoms with Crippen LogP contribution in [0.4, 0.5) is 0 Å². The van der Waals surface area contributed by atoms with E-state index >= 15 is 0 Å². The van der Waals surface area contributed by atoms with Gasteiger partial charge in [0.05, 0.1) is 0 Å². The van der Waals surface area contributed by atoms with Crippen LogP contribution in [0.2, 0.25) is 0 Å². The van der Waals surface area contributed by atoms with Crippen LogP contribution < -0.4 is 0 Å². The Balaban J connectivity index is 4.00. The maximum Gasteiger partial charge on any atom is 0.130 e. The van der Waals surface area contributed by atoms with Crippen molar-refractivity contribution >= 4 is 5.78 Å². The molecule has 0 aliphatic heterocycles. The molecule has 1 nitrogen and oxygen atoms in total. The van der Waals surface area contributed by atoms with Gasteiger partial charge in [0.1, 0.15) is 5.78 Å². The summed E-state index contributed by atoms with van der Waals surface area (Å²) in [6.07, 6.45) is -0.203. The number of allylic oxidation sites excluding steroid dienone is 1. The summed E-state index contributed by atoms with van der Waals surface area (Å²) < 4.78 is 14.1. The van der Waals surface area contributed by atoms with E-state index in [0.717, 1.165) is 0 Å². The molecule has 0 amide bonds. The molecular formula is C6H10O. The Bertz CT molecular complexity index is 129. The molecule has 0 aliphatic rings. The van der Waals surface area contributed by atoms with Crippen molar-refractivity contribution < 1.29 is 7.54 Å². The van der Waals surface area contributed by atoms with Crippen molar-refractivity contribution in [3.63, 3.8) is 0 Å². The van der Waals surface area contributed by atoms with Gasteiger partial charge in [0.15, 0.2) is 0 Å². The van der Waals surface area contributed by atoms with Crippen LogP contribution in [0.3, 0.4) is 0 Å². The highest BCUT2D eigenvalue weighted by Gasteiger charge is 1.85. The lowest BCUT2D eigenvalue weighted by Gasteiger charge is -1.82. The zero-order valence-electron chi connectivity index (χ0n) is 6.40. The molecule has 0 atom stereocenters. The molecule has 0 aromatic rings. The largest absolute Gasteiger partial charge is 0.300 e. The first kappa shape index (κ1) is 3.42. The van der Waals surface area contributed by atoms with Gasteiger partial charge in [-0.3, -0.25) is 0 Å². The third kappa shape index (κ3) is 5.41. The molecule has 7 heavy (non-hydrogen) atoms. The van der Waals surface area contributed by atoms with Gasteiger partial charge in [0.25, 0.3) is 0 Å². The van der Waals surface area contributed by atoms with Crippen molar-refractivity contribution in [1.82, 2.24) is 0 Å². The molecule has 0 rings (SSSR count). The first-order valence-electron chi connectivity index (χ1n) is 3.12. The Labute approximate surface area is 46.8 Å². The van der Waals surface area contributed by atoms with Gasteiger partial charge in [-0.1, -0.05) is 6.08 Å². The van der Waals surface area contributed by atoms with E-state index < -0.39 is 12.2 Å².